The highest BCUT2D eigenvalue weighted by atomic mass is 79.9. The van der Waals surface area contributed by atoms with Crippen LogP contribution in [-0.2, 0) is 0 Å². The van der Waals surface area contributed by atoms with Crippen molar-refractivity contribution in [3.8, 4) is 0 Å². The van der Waals surface area contributed by atoms with E-state index in [1.165, 1.54) is 31.4 Å². The summed E-state index contributed by atoms with van der Waals surface area (Å²) in [6, 6.07) is 0. The summed E-state index contributed by atoms with van der Waals surface area (Å²) in [5.74, 6) is 1.19. The second-order valence-electron chi connectivity index (χ2n) is 4.02. The minimum atomic E-state index is 0.525. The van der Waals surface area contributed by atoms with Crippen LogP contribution in [0.5, 0.6) is 0 Å². The Hall–Kier alpha value is 0.0400. The van der Waals surface area contributed by atoms with E-state index in [1.54, 1.807) is 0 Å². The Labute approximate surface area is 97.4 Å². The zero-order valence-electron chi connectivity index (χ0n) is 8.13. The van der Waals surface area contributed by atoms with Crippen LogP contribution in [0, 0.1) is 5.41 Å². The van der Waals surface area contributed by atoms with Gasteiger partial charge in [-0.2, -0.15) is 0 Å². The first-order chi connectivity index (χ1) is 6.85. The molecule has 1 aromatic rings. The van der Waals surface area contributed by atoms with Crippen molar-refractivity contribution >= 4 is 27.7 Å². The van der Waals surface area contributed by atoms with E-state index < -0.39 is 0 Å². The predicted molar refractivity (Wildman–Crippen MR) is 64.0 cm³/mol. The molecule has 1 fully saturated rings. The maximum atomic E-state index is 4.23. The average Bonchev–Trinajstić information content (AvgIpc) is 2.87. The van der Waals surface area contributed by atoms with E-state index in [4.69, 9.17) is 0 Å². The number of nitrogens with one attached hydrogen (secondary N) is 1. The third-order valence-corrected chi connectivity index (χ3v) is 5.38. The number of H-pyrrole nitrogens is 1. The fraction of sp³-hybridized carbons (Fsp3) is 0.700. The number of rotatable bonds is 4. The van der Waals surface area contributed by atoms with Gasteiger partial charge in [-0.15, -0.1) is 0 Å². The largest absolute Gasteiger partial charge is 0.340 e. The van der Waals surface area contributed by atoms with Crippen LogP contribution in [0.3, 0.4) is 0 Å². The second kappa shape index (κ2) is 4.71. The fourth-order valence-corrected chi connectivity index (χ4v) is 4.13. The molecule has 0 bridgehead atoms. The molecule has 1 aromatic heterocycles. The molecule has 1 aliphatic rings. The van der Waals surface area contributed by atoms with E-state index in [-0.39, 0.29) is 0 Å². The van der Waals surface area contributed by atoms with Crippen molar-refractivity contribution in [3.05, 3.63) is 12.4 Å². The first-order valence-electron chi connectivity index (χ1n) is 5.03. The van der Waals surface area contributed by atoms with Crippen LogP contribution in [0.4, 0.5) is 0 Å². The molecule has 1 saturated carbocycles. The Morgan fingerprint density at radius 3 is 2.86 bits per heavy atom. The summed E-state index contributed by atoms with van der Waals surface area (Å²) in [4.78, 5) is 7.37. The average molecular weight is 275 g/mol. The van der Waals surface area contributed by atoms with Crippen LogP contribution in [0.25, 0.3) is 0 Å². The molecule has 1 heterocycles. The van der Waals surface area contributed by atoms with Crippen molar-refractivity contribution in [2.75, 3.05) is 11.1 Å². The molecule has 0 aliphatic heterocycles. The zero-order chi connectivity index (χ0) is 9.86. The normalized spacial score (nSPS) is 20.1. The maximum absolute atomic E-state index is 4.23. The first-order valence-corrected chi connectivity index (χ1v) is 7.14. The number of thioether (sulfide) groups is 1. The van der Waals surface area contributed by atoms with Crippen molar-refractivity contribution in [1.29, 1.82) is 0 Å². The molecular weight excluding hydrogens is 260 g/mol. The third-order valence-electron chi connectivity index (χ3n) is 2.94. The first kappa shape index (κ1) is 10.6. The van der Waals surface area contributed by atoms with Crippen molar-refractivity contribution < 1.29 is 0 Å². The summed E-state index contributed by atoms with van der Waals surface area (Å²) >= 11 is 5.50. The summed E-state index contributed by atoms with van der Waals surface area (Å²) in [5.41, 5.74) is 0.525. The van der Waals surface area contributed by atoms with Gasteiger partial charge in [-0.05, 0) is 18.3 Å². The van der Waals surface area contributed by atoms with E-state index in [9.17, 15) is 0 Å². The predicted octanol–water partition coefficient (Wildman–Crippen LogP) is 3.46. The van der Waals surface area contributed by atoms with E-state index in [1.807, 2.05) is 24.2 Å². The van der Waals surface area contributed by atoms with Gasteiger partial charge in [-0.3, -0.25) is 0 Å². The van der Waals surface area contributed by atoms with Crippen LogP contribution in [0.2, 0.25) is 0 Å². The summed E-state index contributed by atoms with van der Waals surface area (Å²) in [6.45, 7) is 0. The minimum Gasteiger partial charge on any atom is -0.340 e. The Kier molecular flexibility index (Phi) is 3.55. The number of halogens is 1. The highest BCUT2D eigenvalue weighted by molar-refractivity contribution is 9.09. The molecule has 4 heteroatoms. The smallest absolute Gasteiger partial charge is 0.165 e. The maximum Gasteiger partial charge on any atom is 0.165 e. The third kappa shape index (κ3) is 2.34. The standard InChI is InChI=1S/C10H15BrN2S/c11-7-10(3-1-2-4-10)8-14-9-12-5-6-13-9/h5-6H,1-4,7-8H2,(H,12,13). The van der Waals surface area contributed by atoms with E-state index >= 15 is 0 Å². The summed E-state index contributed by atoms with van der Waals surface area (Å²) in [5, 5.41) is 2.19. The molecule has 2 rings (SSSR count). The Morgan fingerprint density at radius 1 is 1.50 bits per heavy atom. The van der Waals surface area contributed by atoms with Crippen LogP contribution >= 0.6 is 27.7 Å². The van der Waals surface area contributed by atoms with Gasteiger partial charge in [0.25, 0.3) is 0 Å². The molecule has 0 radical (unpaired) electrons. The molecular formula is C10H15BrN2S. The fourth-order valence-electron chi connectivity index (χ4n) is 1.99. The van der Waals surface area contributed by atoms with Crippen molar-refractivity contribution in [3.63, 3.8) is 0 Å². The number of imidazole rings is 1. The summed E-state index contributed by atoms with van der Waals surface area (Å²) in [6.07, 6.45) is 9.22. The van der Waals surface area contributed by atoms with Gasteiger partial charge >= 0.3 is 0 Å². The van der Waals surface area contributed by atoms with Gasteiger partial charge in [0.15, 0.2) is 5.16 Å². The van der Waals surface area contributed by atoms with Gasteiger partial charge in [0.2, 0.25) is 0 Å². The van der Waals surface area contributed by atoms with E-state index in [2.05, 4.69) is 25.9 Å². The highest BCUT2D eigenvalue weighted by Crippen LogP contribution is 2.42. The lowest BCUT2D eigenvalue weighted by Crippen LogP contribution is -2.21. The van der Waals surface area contributed by atoms with Gasteiger partial charge in [-0.1, -0.05) is 40.5 Å². The molecule has 0 saturated heterocycles. The molecule has 0 spiro atoms. The quantitative estimate of drug-likeness (QED) is 0.673. The number of nitrogens with zero attached hydrogens (tertiary/aromatic N) is 1. The van der Waals surface area contributed by atoms with Gasteiger partial charge in [0.1, 0.15) is 0 Å². The summed E-state index contributed by atoms with van der Waals surface area (Å²) < 4.78 is 0. The van der Waals surface area contributed by atoms with Crippen molar-refractivity contribution in [1.82, 2.24) is 9.97 Å². The van der Waals surface area contributed by atoms with Crippen molar-refractivity contribution in [2.45, 2.75) is 30.8 Å². The van der Waals surface area contributed by atoms with E-state index in [0.29, 0.717) is 5.41 Å². The lowest BCUT2D eigenvalue weighted by Gasteiger charge is -2.25. The lowest BCUT2D eigenvalue weighted by atomic mass is 9.92. The van der Waals surface area contributed by atoms with Crippen LogP contribution < -0.4 is 0 Å². The van der Waals surface area contributed by atoms with Crippen molar-refractivity contribution in [2.24, 2.45) is 5.41 Å². The topological polar surface area (TPSA) is 28.7 Å². The molecule has 1 N–H and O–H groups in total. The van der Waals surface area contributed by atoms with E-state index in [0.717, 1.165) is 10.5 Å². The Morgan fingerprint density at radius 2 is 2.29 bits per heavy atom. The molecule has 0 atom stereocenters. The number of hydrogen-bond acceptors (Lipinski definition) is 2. The number of hydrogen-bond donors (Lipinski definition) is 1. The lowest BCUT2D eigenvalue weighted by molar-refractivity contribution is 0.405. The van der Waals surface area contributed by atoms with Crippen LogP contribution in [-0.4, -0.2) is 21.1 Å². The molecule has 14 heavy (non-hydrogen) atoms. The highest BCUT2D eigenvalue weighted by Gasteiger charge is 2.32. The van der Waals surface area contributed by atoms with Crippen LogP contribution in [0.1, 0.15) is 25.7 Å². The Bertz CT molecular complexity index is 268. The van der Waals surface area contributed by atoms with Gasteiger partial charge in [-0.25, -0.2) is 4.98 Å². The SMILES string of the molecule is BrCC1(CSc2ncc[nH]2)CCCC1. The van der Waals surface area contributed by atoms with Gasteiger partial charge in [0.05, 0.1) is 0 Å². The molecule has 2 nitrogen and oxygen atoms in total. The van der Waals surface area contributed by atoms with Gasteiger partial charge < -0.3 is 4.98 Å². The monoisotopic (exact) mass is 274 g/mol. The number of aromatic amines is 1. The van der Waals surface area contributed by atoms with Gasteiger partial charge in [0, 0.05) is 23.5 Å². The summed E-state index contributed by atoms with van der Waals surface area (Å²) in [7, 11) is 0. The molecule has 0 unspecified atom stereocenters. The second-order valence-corrected chi connectivity index (χ2v) is 5.55. The molecule has 0 amide bonds. The minimum absolute atomic E-state index is 0.525. The van der Waals surface area contributed by atoms with Crippen LogP contribution in [0.15, 0.2) is 17.6 Å². The number of alkyl halides is 1. The molecule has 0 aromatic carbocycles. The zero-order valence-corrected chi connectivity index (χ0v) is 10.5. The molecule has 1 aliphatic carbocycles. The number of aromatic nitrogens is 2. The Balaban J connectivity index is 1.89. The molecule has 78 valence electrons.